The van der Waals surface area contributed by atoms with Gasteiger partial charge in [-0.3, -0.25) is 0 Å². The number of halogens is 4. The van der Waals surface area contributed by atoms with Crippen molar-refractivity contribution in [3.63, 3.8) is 0 Å². The Labute approximate surface area is 118 Å². The van der Waals surface area contributed by atoms with Crippen molar-refractivity contribution >= 4 is 27.5 Å². The molecule has 0 aliphatic rings. The number of alkyl halides is 1. The molecule has 1 unspecified atom stereocenters. The Bertz CT molecular complexity index is 584. The van der Waals surface area contributed by atoms with E-state index in [1.807, 2.05) is 19.1 Å². The largest absolute Gasteiger partial charge is 0.207 e. The van der Waals surface area contributed by atoms with Gasteiger partial charge in [0.2, 0.25) is 0 Å². The highest BCUT2D eigenvalue weighted by Crippen LogP contribution is 2.33. The van der Waals surface area contributed by atoms with Gasteiger partial charge in [0.05, 0.1) is 5.38 Å². The first kappa shape index (κ1) is 13.5. The van der Waals surface area contributed by atoms with Crippen molar-refractivity contribution < 1.29 is 8.78 Å². The molecule has 0 heterocycles. The zero-order chi connectivity index (χ0) is 13.3. The molecule has 2 aromatic carbocycles. The second kappa shape index (κ2) is 5.37. The van der Waals surface area contributed by atoms with Crippen LogP contribution in [0.25, 0.3) is 0 Å². The van der Waals surface area contributed by atoms with Crippen LogP contribution < -0.4 is 0 Å². The van der Waals surface area contributed by atoms with Crippen LogP contribution in [-0.4, -0.2) is 0 Å². The van der Waals surface area contributed by atoms with Crippen LogP contribution in [0.1, 0.15) is 22.1 Å². The van der Waals surface area contributed by atoms with Crippen molar-refractivity contribution in [2.45, 2.75) is 12.3 Å². The first-order chi connectivity index (χ1) is 8.49. The van der Waals surface area contributed by atoms with Crippen LogP contribution >= 0.6 is 27.5 Å². The number of hydrogen-bond acceptors (Lipinski definition) is 0. The average molecular weight is 332 g/mol. The minimum atomic E-state index is -0.700. The van der Waals surface area contributed by atoms with Gasteiger partial charge in [-0.2, -0.15) is 0 Å². The Hall–Kier alpha value is -0.930. The van der Waals surface area contributed by atoms with Crippen molar-refractivity contribution in [2.75, 3.05) is 0 Å². The molecule has 94 valence electrons. The molecule has 0 saturated heterocycles. The smallest absolute Gasteiger partial charge is 0.128 e. The second-order valence-corrected chi connectivity index (χ2v) is 5.38. The molecule has 0 nitrogen and oxygen atoms in total. The fourth-order valence-corrected chi connectivity index (χ4v) is 2.69. The van der Waals surface area contributed by atoms with E-state index in [0.717, 1.165) is 33.8 Å². The lowest BCUT2D eigenvalue weighted by Gasteiger charge is -2.14. The third-order valence-electron chi connectivity index (χ3n) is 2.74. The molecular weight excluding hydrogens is 322 g/mol. The number of rotatable bonds is 2. The summed E-state index contributed by atoms with van der Waals surface area (Å²) in [5.41, 5.74) is 1.85. The zero-order valence-electron chi connectivity index (χ0n) is 9.55. The highest BCUT2D eigenvalue weighted by molar-refractivity contribution is 9.10. The summed E-state index contributed by atoms with van der Waals surface area (Å²) in [7, 11) is 0. The first-order valence-corrected chi connectivity index (χ1v) is 6.57. The van der Waals surface area contributed by atoms with Gasteiger partial charge in [0.25, 0.3) is 0 Å². The van der Waals surface area contributed by atoms with E-state index in [9.17, 15) is 8.78 Å². The Morgan fingerprint density at radius 3 is 2.44 bits per heavy atom. The highest BCUT2D eigenvalue weighted by Gasteiger charge is 2.17. The monoisotopic (exact) mass is 330 g/mol. The predicted molar refractivity (Wildman–Crippen MR) is 72.9 cm³/mol. The van der Waals surface area contributed by atoms with E-state index in [2.05, 4.69) is 15.9 Å². The van der Waals surface area contributed by atoms with Gasteiger partial charge in [-0.15, -0.1) is 11.6 Å². The van der Waals surface area contributed by atoms with Gasteiger partial charge in [0.1, 0.15) is 11.6 Å². The van der Waals surface area contributed by atoms with Crippen LogP contribution in [0.5, 0.6) is 0 Å². The molecule has 2 rings (SSSR count). The van der Waals surface area contributed by atoms with Gasteiger partial charge in [0, 0.05) is 10.0 Å². The van der Waals surface area contributed by atoms with Gasteiger partial charge < -0.3 is 0 Å². The molecular formula is C14H10BrClF2. The molecule has 4 heteroatoms. The van der Waals surface area contributed by atoms with Crippen LogP contribution in [-0.2, 0) is 0 Å². The maximum absolute atomic E-state index is 13.7. The summed E-state index contributed by atoms with van der Waals surface area (Å²) < 4.78 is 27.7. The molecule has 0 spiro atoms. The minimum Gasteiger partial charge on any atom is -0.207 e. The highest BCUT2D eigenvalue weighted by atomic mass is 79.9. The molecule has 0 bridgehead atoms. The third kappa shape index (κ3) is 2.73. The predicted octanol–water partition coefficient (Wildman–Crippen LogP) is 5.36. The first-order valence-electron chi connectivity index (χ1n) is 5.34. The molecule has 18 heavy (non-hydrogen) atoms. The quantitative estimate of drug-likeness (QED) is 0.650. The Kier molecular flexibility index (Phi) is 4.03. The van der Waals surface area contributed by atoms with Crippen molar-refractivity contribution in [2.24, 2.45) is 0 Å². The lowest BCUT2D eigenvalue weighted by molar-refractivity contribution is 0.587. The van der Waals surface area contributed by atoms with Crippen molar-refractivity contribution in [1.29, 1.82) is 0 Å². The van der Waals surface area contributed by atoms with Crippen LogP contribution in [0, 0.1) is 18.6 Å². The van der Waals surface area contributed by atoms with E-state index in [0.29, 0.717) is 0 Å². The molecule has 0 N–H and O–H groups in total. The van der Waals surface area contributed by atoms with Crippen molar-refractivity contribution in [3.8, 4) is 0 Å². The molecule has 0 amide bonds. The fourth-order valence-electron chi connectivity index (χ4n) is 1.80. The summed E-state index contributed by atoms with van der Waals surface area (Å²) in [6.07, 6.45) is 0. The second-order valence-electron chi connectivity index (χ2n) is 4.03. The van der Waals surface area contributed by atoms with Crippen molar-refractivity contribution in [1.82, 2.24) is 0 Å². The number of benzene rings is 2. The maximum Gasteiger partial charge on any atom is 0.128 e. The number of aryl methyl sites for hydroxylation is 1. The number of hydrogen-bond donors (Lipinski definition) is 0. The van der Waals surface area contributed by atoms with E-state index >= 15 is 0 Å². The van der Waals surface area contributed by atoms with Crippen LogP contribution in [0.2, 0.25) is 0 Å². The third-order valence-corrected chi connectivity index (χ3v) is 3.70. The topological polar surface area (TPSA) is 0 Å². The average Bonchev–Trinajstić information content (AvgIpc) is 2.31. The molecule has 0 fully saturated rings. The van der Waals surface area contributed by atoms with E-state index in [4.69, 9.17) is 11.6 Å². The zero-order valence-corrected chi connectivity index (χ0v) is 11.9. The van der Waals surface area contributed by atoms with Gasteiger partial charge in [-0.05, 0) is 48.4 Å². The standard InChI is InChI=1S/C14H10BrClF2/c1-8-6-9(15)2-4-11(8)14(16)12-7-10(17)3-5-13(12)18/h2-7,14H,1H3. The van der Waals surface area contributed by atoms with Gasteiger partial charge >= 0.3 is 0 Å². The summed E-state index contributed by atoms with van der Waals surface area (Å²) in [6.45, 7) is 1.88. The maximum atomic E-state index is 13.7. The SMILES string of the molecule is Cc1cc(Br)ccc1C(Cl)c1cc(F)ccc1F. The van der Waals surface area contributed by atoms with Crippen LogP contribution in [0.15, 0.2) is 40.9 Å². The molecule has 0 aliphatic heterocycles. The van der Waals surface area contributed by atoms with Gasteiger partial charge in [0.15, 0.2) is 0 Å². The summed E-state index contributed by atoms with van der Waals surface area (Å²) in [5.74, 6) is -0.995. The lowest BCUT2D eigenvalue weighted by atomic mass is 9.99. The van der Waals surface area contributed by atoms with E-state index in [1.54, 1.807) is 6.07 Å². The van der Waals surface area contributed by atoms with E-state index in [-0.39, 0.29) is 5.56 Å². The van der Waals surface area contributed by atoms with E-state index < -0.39 is 17.0 Å². The summed E-state index contributed by atoms with van der Waals surface area (Å²) in [5, 5.41) is -0.700. The van der Waals surface area contributed by atoms with Crippen molar-refractivity contribution in [3.05, 3.63) is 69.2 Å². The normalized spacial score (nSPS) is 12.5. The molecule has 0 aliphatic carbocycles. The van der Waals surface area contributed by atoms with Gasteiger partial charge in [-0.25, -0.2) is 8.78 Å². The Morgan fingerprint density at radius 2 is 1.78 bits per heavy atom. The molecule has 0 aromatic heterocycles. The van der Waals surface area contributed by atoms with Crippen LogP contribution in [0.4, 0.5) is 8.78 Å². The lowest BCUT2D eigenvalue weighted by Crippen LogP contribution is -2.00. The summed E-state index contributed by atoms with van der Waals surface area (Å²) >= 11 is 9.60. The Morgan fingerprint density at radius 1 is 1.06 bits per heavy atom. The molecule has 1 atom stereocenters. The summed E-state index contributed by atoms with van der Waals surface area (Å²) in [6, 6.07) is 8.83. The molecule has 0 radical (unpaired) electrons. The fraction of sp³-hybridized carbons (Fsp3) is 0.143. The Balaban J connectivity index is 2.47. The molecule has 2 aromatic rings. The van der Waals surface area contributed by atoms with Crippen LogP contribution in [0.3, 0.4) is 0 Å². The van der Waals surface area contributed by atoms with Gasteiger partial charge in [-0.1, -0.05) is 22.0 Å². The minimum absolute atomic E-state index is 0.155. The summed E-state index contributed by atoms with van der Waals surface area (Å²) in [4.78, 5) is 0. The molecule has 0 saturated carbocycles. The van der Waals surface area contributed by atoms with E-state index in [1.165, 1.54) is 0 Å².